The zero-order valence-electron chi connectivity index (χ0n) is 12.2. The Kier molecular flexibility index (Phi) is 5.20. The number of hydrogen-bond acceptors (Lipinski definition) is 4. The third kappa shape index (κ3) is 3.86. The van der Waals surface area contributed by atoms with Crippen molar-refractivity contribution in [2.45, 2.75) is 26.4 Å². The Morgan fingerprint density at radius 1 is 1.36 bits per heavy atom. The Balaban J connectivity index is 2.22. The van der Waals surface area contributed by atoms with Gasteiger partial charge in [-0.1, -0.05) is 6.07 Å². The molecule has 0 aliphatic carbocycles. The summed E-state index contributed by atoms with van der Waals surface area (Å²) >= 11 is 1.26. The lowest BCUT2D eigenvalue weighted by Crippen LogP contribution is -2.35. The third-order valence-electron chi connectivity index (χ3n) is 3.18. The molecule has 0 aliphatic heterocycles. The van der Waals surface area contributed by atoms with Crippen LogP contribution in [0.25, 0.3) is 11.3 Å². The topological polar surface area (TPSA) is 53.4 Å². The average molecular weight is 326 g/mol. The van der Waals surface area contributed by atoms with Gasteiger partial charge in [-0.3, -0.25) is 9.69 Å². The molecule has 0 amide bonds. The van der Waals surface area contributed by atoms with Gasteiger partial charge in [0.05, 0.1) is 24.3 Å². The van der Waals surface area contributed by atoms with Gasteiger partial charge in [-0.2, -0.15) is 0 Å². The molecule has 118 valence electrons. The maximum Gasteiger partial charge on any atom is 0.317 e. The van der Waals surface area contributed by atoms with Crippen LogP contribution in [0.5, 0.6) is 0 Å². The van der Waals surface area contributed by atoms with Crippen molar-refractivity contribution < 1.29 is 18.7 Å². The van der Waals surface area contributed by atoms with Crippen molar-refractivity contribution in [3.05, 3.63) is 40.2 Å². The highest BCUT2D eigenvalue weighted by Gasteiger charge is 2.18. The summed E-state index contributed by atoms with van der Waals surface area (Å²) < 4.78 is 27.5. The van der Waals surface area contributed by atoms with Crippen LogP contribution in [0.4, 0.5) is 8.78 Å². The first-order valence-electron chi connectivity index (χ1n) is 6.73. The predicted molar refractivity (Wildman–Crippen MR) is 80.6 cm³/mol. The van der Waals surface area contributed by atoms with Crippen LogP contribution < -0.4 is 0 Å². The maximum atomic E-state index is 13.7. The van der Waals surface area contributed by atoms with Crippen molar-refractivity contribution in [2.24, 2.45) is 0 Å². The molecule has 0 spiro atoms. The third-order valence-corrected chi connectivity index (χ3v) is 4.01. The molecule has 0 atom stereocenters. The average Bonchev–Trinajstić information content (AvgIpc) is 2.85. The molecule has 1 heterocycles. The van der Waals surface area contributed by atoms with Crippen molar-refractivity contribution >= 4 is 17.3 Å². The molecule has 1 N–H and O–H groups in total. The lowest BCUT2D eigenvalue weighted by atomic mass is 10.1. The van der Waals surface area contributed by atoms with Crippen molar-refractivity contribution in [1.82, 2.24) is 9.88 Å². The molecule has 2 rings (SSSR count). The first-order valence-corrected chi connectivity index (χ1v) is 7.61. The van der Waals surface area contributed by atoms with E-state index >= 15 is 0 Å². The Labute approximate surface area is 131 Å². The van der Waals surface area contributed by atoms with Crippen LogP contribution >= 0.6 is 11.3 Å². The molecule has 1 aromatic carbocycles. The number of carbonyl (C=O) groups is 1. The van der Waals surface area contributed by atoms with Gasteiger partial charge in [0.2, 0.25) is 0 Å². The zero-order valence-corrected chi connectivity index (χ0v) is 13.0. The number of aliphatic carboxylic acids is 1. The summed E-state index contributed by atoms with van der Waals surface area (Å²) in [7, 11) is 0. The maximum absolute atomic E-state index is 13.7. The molecule has 0 saturated carbocycles. The monoisotopic (exact) mass is 326 g/mol. The van der Waals surface area contributed by atoms with Crippen LogP contribution in [0.15, 0.2) is 23.6 Å². The van der Waals surface area contributed by atoms with Crippen molar-refractivity contribution in [3.63, 3.8) is 0 Å². The van der Waals surface area contributed by atoms with Gasteiger partial charge in [-0.25, -0.2) is 13.8 Å². The van der Waals surface area contributed by atoms with Crippen LogP contribution in [0.3, 0.4) is 0 Å². The molecule has 2 aromatic rings. The zero-order chi connectivity index (χ0) is 16.3. The number of benzene rings is 1. The van der Waals surface area contributed by atoms with E-state index in [2.05, 4.69) is 4.98 Å². The molecule has 4 nitrogen and oxygen atoms in total. The Morgan fingerprint density at radius 3 is 2.55 bits per heavy atom. The number of halogens is 2. The smallest absolute Gasteiger partial charge is 0.317 e. The number of nitrogens with zero attached hydrogens (tertiary/aromatic N) is 2. The first-order chi connectivity index (χ1) is 10.4. The van der Waals surface area contributed by atoms with E-state index in [1.54, 1.807) is 10.3 Å². The van der Waals surface area contributed by atoms with Gasteiger partial charge in [0.1, 0.15) is 16.6 Å². The van der Waals surface area contributed by atoms with Gasteiger partial charge in [-0.15, -0.1) is 11.3 Å². The molecule has 0 radical (unpaired) electrons. The minimum atomic E-state index is -0.925. The van der Waals surface area contributed by atoms with E-state index in [0.717, 1.165) is 0 Å². The van der Waals surface area contributed by atoms with Gasteiger partial charge >= 0.3 is 5.97 Å². The fraction of sp³-hybridized carbons (Fsp3) is 0.333. The summed E-state index contributed by atoms with van der Waals surface area (Å²) in [5, 5.41) is 11.1. The molecular formula is C15H16F2N2O2S. The molecule has 0 unspecified atom stereocenters. The van der Waals surface area contributed by atoms with Crippen molar-refractivity contribution in [2.75, 3.05) is 6.54 Å². The number of hydrogen-bond donors (Lipinski definition) is 1. The van der Waals surface area contributed by atoms with Crippen molar-refractivity contribution in [1.29, 1.82) is 0 Å². The Morgan fingerprint density at radius 2 is 2.00 bits per heavy atom. The lowest BCUT2D eigenvalue weighted by molar-refractivity contribution is -0.138. The SMILES string of the molecule is CC(C)N(CC(=O)O)Cc1nc(-c2c(F)cccc2F)cs1. The summed E-state index contributed by atoms with van der Waals surface area (Å²) in [4.78, 5) is 16.8. The van der Waals surface area contributed by atoms with Gasteiger partial charge in [0, 0.05) is 11.4 Å². The van der Waals surface area contributed by atoms with Gasteiger partial charge < -0.3 is 5.11 Å². The number of thiazole rings is 1. The van der Waals surface area contributed by atoms with Crippen LogP contribution in [-0.4, -0.2) is 33.5 Å². The fourth-order valence-electron chi connectivity index (χ4n) is 2.01. The molecule has 0 saturated heterocycles. The van der Waals surface area contributed by atoms with E-state index in [1.807, 2.05) is 13.8 Å². The van der Waals surface area contributed by atoms with Crippen LogP contribution in [0, 0.1) is 11.6 Å². The van der Waals surface area contributed by atoms with Gasteiger partial charge in [0.15, 0.2) is 0 Å². The minimum Gasteiger partial charge on any atom is -0.480 e. The number of carboxylic acid groups (broad SMARTS) is 1. The largest absolute Gasteiger partial charge is 0.480 e. The van der Waals surface area contributed by atoms with E-state index in [9.17, 15) is 13.6 Å². The highest BCUT2D eigenvalue weighted by molar-refractivity contribution is 7.09. The van der Waals surface area contributed by atoms with E-state index in [0.29, 0.717) is 11.6 Å². The molecule has 7 heteroatoms. The van der Waals surface area contributed by atoms with Gasteiger partial charge in [-0.05, 0) is 26.0 Å². The summed E-state index contributed by atoms with van der Waals surface area (Å²) in [6.07, 6.45) is 0. The normalized spacial score (nSPS) is 11.4. The second kappa shape index (κ2) is 6.93. The lowest BCUT2D eigenvalue weighted by Gasteiger charge is -2.23. The van der Waals surface area contributed by atoms with Gasteiger partial charge in [0.25, 0.3) is 0 Å². The predicted octanol–water partition coefficient (Wildman–Crippen LogP) is 3.38. The van der Waals surface area contributed by atoms with Crippen molar-refractivity contribution in [3.8, 4) is 11.3 Å². The second-order valence-corrected chi connectivity index (χ2v) is 6.06. The summed E-state index contributed by atoms with van der Waals surface area (Å²) in [6.45, 7) is 3.98. The highest BCUT2D eigenvalue weighted by Crippen LogP contribution is 2.27. The minimum absolute atomic E-state index is 0.0219. The standard InChI is InChI=1S/C15H16F2N2O2S/c1-9(2)19(7-14(20)21)6-13-18-12(8-22-13)15-10(16)4-3-5-11(15)17/h3-5,8-9H,6-7H2,1-2H3,(H,20,21). The van der Waals surface area contributed by atoms with E-state index in [-0.39, 0.29) is 23.8 Å². The van der Waals surface area contributed by atoms with E-state index in [4.69, 9.17) is 5.11 Å². The molecule has 22 heavy (non-hydrogen) atoms. The van der Waals surface area contributed by atoms with Crippen LogP contribution in [0.1, 0.15) is 18.9 Å². The summed E-state index contributed by atoms with van der Waals surface area (Å²) in [5.74, 6) is -2.25. The Hall–Kier alpha value is -1.86. The number of carboxylic acids is 1. The Bertz CT molecular complexity index is 653. The summed E-state index contributed by atoms with van der Waals surface area (Å²) in [5.41, 5.74) is 0.0777. The van der Waals surface area contributed by atoms with E-state index in [1.165, 1.54) is 29.5 Å². The van der Waals surface area contributed by atoms with Crippen LogP contribution in [0.2, 0.25) is 0 Å². The second-order valence-electron chi connectivity index (χ2n) is 5.12. The molecule has 1 aromatic heterocycles. The quantitative estimate of drug-likeness (QED) is 0.884. The molecular weight excluding hydrogens is 310 g/mol. The molecule has 0 aliphatic rings. The number of rotatable bonds is 6. The fourth-order valence-corrected chi connectivity index (χ4v) is 2.82. The molecule has 0 fully saturated rings. The molecule has 0 bridgehead atoms. The van der Waals surface area contributed by atoms with E-state index < -0.39 is 17.6 Å². The highest BCUT2D eigenvalue weighted by atomic mass is 32.1. The number of aromatic nitrogens is 1. The first kappa shape index (κ1) is 16.5. The van der Waals surface area contributed by atoms with Crippen LogP contribution in [-0.2, 0) is 11.3 Å². The summed E-state index contributed by atoms with van der Waals surface area (Å²) in [6, 6.07) is 3.69.